The average Bonchev–Trinajstić information content (AvgIpc) is 3.38. The maximum absolute atomic E-state index is 13.1. The number of fused-ring (bicyclic) bond motifs is 1. The third-order valence-corrected chi connectivity index (χ3v) is 8.22. The molecule has 5 rings (SSSR count). The Hall–Kier alpha value is -4.03. The molecular weight excluding hydrogens is 583 g/mol. The van der Waals surface area contributed by atoms with Gasteiger partial charge in [-0.15, -0.1) is 0 Å². The maximum atomic E-state index is 13.1. The minimum atomic E-state index is -4.47. The molecule has 1 aliphatic carbocycles. The summed E-state index contributed by atoms with van der Waals surface area (Å²) in [5, 5.41) is 15.2. The van der Waals surface area contributed by atoms with E-state index in [1.54, 1.807) is 24.9 Å². The molecule has 3 N–H and O–H groups in total. The van der Waals surface area contributed by atoms with Crippen LogP contribution in [0.1, 0.15) is 55.7 Å². The number of amides is 1. The van der Waals surface area contributed by atoms with Gasteiger partial charge in [0, 0.05) is 56.1 Å². The fourth-order valence-electron chi connectivity index (χ4n) is 5.88. The lowest BCUT2D eigenvalue weighted by molar-refractivity contribution is -0.137. The van der Waals surface area contributed by atoms with Crippen LogP contribution >= 0.6 is 0 Å². The second kappa shape index (κ2) is 14.4. The Morgan fingerprint density at radius 2 is 1.87 bits per heavy atom. The zero-order valence-electron chi connectivity index (χ0n) is 25.9. The minimum Gasteiger partial charge on any atom is -0.385 e. The quantitative estimate of drug-likeness (QED) is 0.163. The number of ether oxygens (including phenoxy) is 1. The standard InChI is InChI=1S/C33H40F3N7O2/c1-4-22-17-23(28-19-29(42-43(28)2)40-30(44)16-21-7-5-8-25(15-21)33(34,35)36)18-24-20-38-32(41-31(22)24)39-27-11-9-26(10-12-27)37-13-6-14-45-3/h5,7-8,15,17-20,26-27,37H,4,6,9-14,16H2,1-3H3,(H,38,39,41)(H,40,42,44). The van der Waals surface area contributed by atoms with Crippen molar-refractivity contribution in [2.75, 3.05) is 30.9 Å². The number of carbonyl (C=O) groups is 1. The van der Waals surface area contributed by atoms with Crippen molar-refractivity contribution in [2.24, 2.45) is 7.05 Å². The summed E-state index contributed by atoms with van der Waals surface area (Å²) in [4.78, 5) is 22.2. The van der Waals surface area contributed by atoms with Crippen LogP contribution in [0.3, 0.4) is 0 Å². The van der Waals surface area contributed by atoms with E-state index in [0.29, 0.717) is 23.8 Å². The lowest BCUT2D eigenvalue weighted by Crippen LogP contribution is -2.37. The van der Waals surface area contributed by atoms with E-state index in [1.807, 2.05) is 12.3 Å². The molecule has 0 bridgehead atoms. The van der Waals surface area contributed by atoms with E-state index in [4.69, 9.17) is 9.72 Å². The largest absolute Gasteiger partial charge is 0.416 e. The smallest absolute Gasteiger partial charge is 0.385 e. The van der Waals surface area contributed by atoms with E-state index in [2.05, 4.69) is 39.0 Å². The van der Waals surface area contributed by atoms with E-state index in [-0.39, 0.29) is 12.0 Å². The lowest BCUT2D eigenvalue weighted by Gasteiger charge is -2.29. The highest BCUT2D eigenvalue weighted by molar-refractivity contribution is 5.92. The molecule has 12 heteroatoms. The number of benzene rings is 2. The van der Waals surface area contributed by atoms with Gasteiger partial charge in [-0.3, -0.25) is 9.48 Å². The Kier molecular flexibility index (Phi) is 10.3. The Balaban J connectivity index is 1.24. The molecule has 2 aromatic carbocycles. The summed E-state index contributed by atoms with van der Waals surface area (Å²) in [5.74, 6) is 0.498. The van der Waals surface area contributed by atoms with Crippen LogP contribution < -0.4 is 16.0 Å². The molecule has 1 amide bonds. The SMILES string of the molecule is CCc1cc(-c2cc(NC(=O)Cc3cccc(C(F)(F)F)c3)nn2C)cc2cnc(NC3CCC(NCCCOC)CC3)nc12. The normalized spacial score (nSPS) is 17.0. The third-order valence-electron chi connectivity index (χ3n) is 8.22. The Morgan fingerprint density at radius 1 is 1.09 bits per heavy atom. The molecule has 4 aromatic rings. The van der Waals surface area contributed by atoms with Crippen LogP contribution in [-0.2, 0) is 35.6 Å². The van der Waals surface area contributed by atoms with Crippen molar-refractivity contribution in [1.29, 1.82) is 0 Å². The lowest BCUT2D eigenvalue weighted by atomic mass is 9.91. The highest BCUT2D eigenvalue weighted by Gasteiger charge is 2.30. The van der Waals surface area contributed by atoms with Crippen LogP contribution in [0, 0.1) is 0 Å². The van der Waals surface area contributed by atoms with Gasteiger partial charge in [0.25, 0.3) is 0 Å². The molecular formula is C33H40F3N7O2. The first kappa shape index (κ1) is 32.4. The van der Waals surface area contributed by atoms with Crippen molar-refractivity contribution >= 4 is 28.6 Å². The predicted octanol–water partition coefficient (Wildman–Crippen LogP) is 6.14. The van der Waals surface area contributed by atoms with Crippen LogP contribution in [0.25, 0.3) is 22.2 Å². The highest BCUT2D eigenvalue weighted by Crippen LogP contribution is 2.31. The highest BCUT2D eigenvalue weighted by atomic mass is 19.4. The summed E-state index contributed by atoms with van der Waals surface area (Å²) in [6, 6.07) is 11.5. The van der Waals surface area contributed by atoms with Crippen LogP contribution in [-0.4, -0.2) is 58.0 Å². The number of nitrogens with zero attached hydrogens (tertiary/aromatic N) is 4. The number of methoxy groups -OCH3 is 1. The number of hydrogen-bond acceptors (Lipinski definition) is 7. The summed E-state index contributed by atoms with van der Waals surface area (Å²) in [6.45, 7) is 3.84. The van der Waals surface area contributed by atoms with Crippen molar-refractivity contribution in [3.8, 4) is 11.3 Å². The molecule has 1 saturated carbocycles. The van der Waals surface area contributed by atoms with E-state index in [9.17, 15) is 18.0 Å². The second-order valence-electron chi connectivity index (χ2n) is 11.6. The molecule has 0 aliphatic heterocycles. The van der Waals surface area contributed by atoms with Gasteiger partial charge in [0.1, 0.15) is 0 Å². The van der Waals surface area contributed by atoms with Gasteiger partial charge in [0.15, 0.2) is 5.82 Å². The summed E-state index contributed by atoms with van der Waals surface area (Å²) in [6.07, 6.45) is 3.29. The number of nitrogens with one attached hydrogen (secondary N) is 3. The fourth-order valence-corrected chi connectivity index (χ4v) is 5.88. The first-order chi connectivity index (χ1) is 21.6. The molecule has 0 radical (unpaired) electrons. The molecule has 1 fully saturated rings. The van der Waals surface area contributed by atoms with Gasteiger partial charge in [0.05, 0.1) is 23.2 Å². The molecule has 2 aromatic heterocycles. The van der Waals surface area contributed by atoms with Crippen molar-refractivity contribution in [3.63, 3.8) is 0 Å². The van der Waals surface area contributed by atoms with Crippen LogP contribution in [0.2, 0.25) is 0 Å². The second-order valence-corrected chi connectivity index (χ2v) is 11.6. The third kappa shape index (κ3) is 8.37. The average molecular weight is 624 g/mol. The van der Waals surface area contributed by atoms with Gasteiger partial charge < -0.3 is 20.7 Å². The zero-order chi connectivity index (χ0) is 32.0. The van der Waals surface area contributed by atoms with Crippen LogP contribution in [0.4, 0.5) is 24.9 Å². The zero-order valence-corrected chi connectivity index (χ0v) is 25.9. The summed E-state index contributed by atoms with van der Waals surface area (Å²) in [5.41, 5.74) is 3.11. The van der Waals surface area contributed by atoms with E-state index in [1.165, 1.54) is 12.1 Å². The number of hydrogen-bond donors (Lipinski definition) is 3. The van der Waals surface area contributed by atoms with E-state index < -0.39 is 17.6 Å². The summed E-state index contributed by atoms with van der Waals surface area (Å²) < 4.78 is 46.0. The number of halogens is 3. The molecule has 1 aliphatic rings. The minimum absolute atomic E-state index is 0.202. The molecule has 9 nitrogen and oxygen atoms in total. The first-order valence-electron chi connectivity index (χ1n) is 15.4. The molecule has 0 spiro atoms. The van der Waals surface area contributed by atoms with Gasteiger partial charge in [-0.2, -0.15) is 18.3 Å². The number of aryl methyl sites for hydroxylation is 2. The number of anilines is 2. The summed E-state index contributed by atoms with van der Waals surface area (Å²) in [7, 11) is 3.51. The first-order valence-corrected chi connectivity index (χ1v) is 15.4. The number of aromatic nitrogens is 4. The molecule has 2 heterocycles. The Morgan fingerprint density at radius 3 is 2.60 bits per heavy atom. The number of rotatable bonds is 12. The van der Waals surface area contributed by atoms with Crippen molar-refractivity contribution in [2.45, 2.75) is 70.1 Å². The molecule has 0 unspecified atom stereocenters. The van der Waals surface area contributed by atoms with Gasteiger partial charge in [0.2, 0.25) is 11.9 Å². The molecule has 0 atom stereocenters. The van der Waals surface area contributed by atoms with E-state index >= 15 is 0 Å². The van der Waals surface area contributed by atoms with Crippen molar-refractivity contribution in [1.82, 2.24) is 25.1 Å². The van der Waals surface area contributed by atoms with E-state index in [0.717, 1.165) is 91.5 Å². The predicted molar refractivity (Wildman–Crippen MR) is 169 cm³/mol. The maximum Gasteiger partial charge on any atom is 0.416 e. The van der Waals surface area contributed by atoms with Gasteiger partial charge in [-0.1, -0.05) is 25.1 Å². The van der Waals surface area contributed by atoms with Crippen LogP contribution in [0.15, 0.2) is 48.7 Å². The molecule has 240 valence electrons. The molecule has 0 saturated heterocycles. The Bertz CT molecular complexity index is 1610. The topological polar surface area (TPSA) is 106 Å². The Labute approximate surface area is 261 Å². The van der Waals surface area contributed by atoms with Crippen molar-refractivity contribution < 1.29 is 22.7 Å². The number of carbonyl (C=O) groups excluding carboxylic acids is 1. The van der Waals surface area contributed by atoms with Gasteiger partial charge >= 0.3 is 6.18 Å². The monoisotopic (exact) mass is 623 g/mol. The molecule has 45 heavy (non-hydrogen) atoms. The summed E-state index contributed by atoms with van der Waals surface area (Å²) >= 11 is 0. The van der Waals surface area contributed by atoms with Crippen LogP contribution in [0.5, 0.6) is 0 Å². The number of alkyl halides is 3. The van der Waals surface area contributed by atoms with Crippen molar-refractivity contribution in [3.05, 3.63) is 65.4 Å². The fraction of sp³-hybridized carbons (Fsp3) is 0.455. The van der Waals surface area contributed by atoms with Gasteiger partial charge in [-0.25, -0.2) is 9.97 Å². The van der Waals surface area contributed by atoms with Gasteiger partial charge in [-0.05, 0) is 74.4 Å².